The smallest absolute Gasteiger partial charge is 0.223 e. The lowest BCUT2D eigenvalue weighted by Gasteiger charge is -2.37. The van der Waals surface area contributed by atoms with Crippen molar-refractivity contribution in [2.45, 2.75) is 26.2 Å². The summed E-state index contributed by atoms with van der Waals surface area (Å²) in [6, 6.07) is 8.52. The minimum absolute atomic E-state index is 0.112. The highest BCUT2D eigenvalue weighted by Crippen LogP contribution is 2.20. The van der Waals surface area contributed by atoms with E-state index in [-0.39, 0.29) is 11.8 Å². The highest BCUT2D eigenvalue weighted by atomic mass is 16.2. The number of anilines is 1. The number of aryl methyl sites for hydroxylation is 1. The Morgan fingerprint density at radius 2 is 2.04 bits per heavy atom. The number of carbonyl (C=O) groups excluding carboxylic acids is 2. The van der Waals surface area contributed by atoms with Crippen LogP contribution in [0.2, 0.25) is 0 Å². The molecule has 0 spiro atoms. The van der Waals surface area contributed by atoms with Gasteiger partial charge in [-0.15, -0.1) is 0 Å². The lowest BCUT2D eigenvalue weighted by atomic mass is 9.95. The molecule has 2 amide bonds. The number of piperidine rings is 1. The summed E-state index contributed by atoms with van der Waals surface area (Å²) in [4.78, 5) is 27.9. The third-order valence-corrected chi connectivity index (χ3v) is 4.83. The molecule has 0 saturated carbocycles. The molecule has 2 saturated heterocycles. The van der Waals surface area contributed by atoms with E-state index in [1.54, 1.807) is 0 Å². The number of benzene rings is 1. The summed E-state index contributed by atoms with van der Waals surface area (Å²) in [6.07, 6.45) is 1.95. The molecule has 1 atom stereocenters. The molecule has 1 N–H and O–H groups in total. The van der Waals surface area contributed by atoms with Crippen molar-refractivity contribution in [3.63, 3.8) is 0 Å². The van der Waals surface area contributed by atoms with E-state index in [1.165, 1.54) is 11.3 Å². The van der Waals surface area contributed by atoms with Gasteiger partial charge in [-0.3, -0.25) is 9.59 Å². The first-order chi connectivity index (χ1) is 11.1. The van der Waals surface area contributed by atoms with Crippen molar-refractivity contribution in [3.8, 4) is 0 Å². The molecule has 2 aliphatic heterocycles. The number of carbonyl (C=O) groups is 2. The minimum atomic E-state index is 0.112. The van der Waals surface area contributed by atoms with Crippen LogP contribution in [-0.4, -0.2) is 49.4 Å². The zero-order valence-electron chi connectivity index (χ0n) is 13.8. The lowest BCUT2D eigenvalue weighted by molar-refractivity contribution is -0.133. The van der Waals surface area contributed by atoms with Crippen LogP contribution in [0.1, 0.15) is 24.8 Å². The number of nitrogens with zero attached hydrogens (tertiary/aromatic N) is 2. The van der Waals surface area contributed by atoms with Crippen molar-refractivity contribution < 1.29 is 9.59 Å². The highest BCUT2D eigenvalue weighted by Gasteiger charge is 2.25. The summed E-state index contributed by atoms with van der Waals surface area (Å²) in [7, 11) is 0. The maximum Gasteiger partial charge on any atom is 0.223 e. The van der Waals surface area contributed by atoms with Gasteiger partial charge < -0.3 is 15.1 Å². The van der Waals surface area contributed by atoms with Gasteiger partial charge in [0.2, 0.25) is 11.8 Å². The molecule has 1 aromatic rings. The molecule has 1 aromatic carbocycles. The van der Waals surface area contributed by atoms with Gasteiger partial charge in [0.05, 0.1) is 0 Å². The molecule has 0 aliphatic carbocycles. The molecule has 0 radical (unpaired) electrons. The molecule has 124 valence electrons. The predicted octanol–water partition coefficient (Wildman–Crippen LogP) is 1.56. The third kappa shape index (κ3) is 4.03. The Kier molecular flexibility index (Phi) is 4.84. The van der Waals surface area contributed by atoms with Crippen LogP contribution in [0.15, 0.2) is 24.3 Å². The van der Waals surface area contributed by atoms with E-state index in [0.29, 0.717) is 25.3 Å². The molecule has 5 nitrogen and oxygen atoms in total. The molecule has 1 unspecified atom stereocenters. The van der Waals surface area contributed by atoms with Crippen molar-refractivity contribution >= 4 is 17.5 Å². The predicted molar refractivity (Wildman–Crippen MR) is 90.3 cm³/mol. The van der Waals surface area contributed by atoms with Crippen LogP contribution in [0.4, 0.5) is 5.69 Å². The van der Waals surface area contributed by atoms with Gasteiger partial charge in [0.1, 0.15) is 0 Å². The van der Waals surface area contributed by atoms with Gasteiger partial charge in [-0.25, -0.2) is 0 Å². The summed E-state index contributed by atoms with van der Waals surface area (Å²) in [5.41, 5.74) is 2.51. The Morgan fingerprint density at radius 3 is 2.70 bits per heavy atom. The molecular weight excluding hydrogens is 290 g/mol. The van der Waals surface area contributed by atoms with Gasteiger partial charge in [-0.1, -0.05) is 12.1 Å². The summed E-state index contributed by atoms with van der Waals surface area (Å²) in [6.45, 7) is 6.09. The Balaban J connectivity index is 1.48. The van der Waals surface area contributed by atoms with Crippen molar-refractivity contribution in [1.29, 1.82) is 0 Å². The average molecular weight is 315 g/mol. The van der Waals surface area contributed by atoms with Gasteiger partial charge in [-0.2, -0.15) is 0 Å². The first kappa shape index (κ1) is 15.8. The van der Waals surface area contributed by atoms with E-state index < -0.39 is 0 Å². The highest BCUT2D eigenvalue weighted by molar-refractivity contribution is 5.79. The molecule has 0 aromatic heterocycles. The minimum Gasteiger partial charge on any atom is -0.368 e. The monoisotopic (exact) mass is 315 g/mol. The van der Waals surface area contributed by atoms with Gasteiger partial charge >= 0.3 is 0 Å². The van der Waals surface area contributed by atoms with E-state index in [1.807, 2.05) is 4.90 Å². The summed E-state index contributed by atoms with van der Waals surface area (Å²) >= 11 is 0. The SMILES string of the molecule is Cc1cccc(N2CCN(C(=O)CC3CCC(=O)NC3)CC2)c1. The Morgan fingerprint density at radius 1 is 1.26 bits per heavy atom. The van der Waals surface area contributed by atoms with Crippen LogP contribution in [0.3, 0.4) is 0 Å². The topological polar surface area (TPSA) is 52.7 Å². The Bertz CT molecular complexity index is 569. The fourth-order valence-electron chi connectivity index (χ4n) is 3.37. The maximum absolute atomic E-state index is 12.4. The summed E-state index contributed by atoms with van der Waals surface area (Å²) < 4.78 is 0. The fourth-order valence-corrected chi connectivity index (χ4v) is 3.37. The van der Waals surface area contributed by atoms with Crippen LogP contribution in [-0.2, 0) is 9.59 Å². The molecule has 23 heavy (non-hydrogen) atoms. The fraction of sp³-hybridized carbons (Fsp3) is 0.556. The number of amides is 2. The molecular formula is C18H25N3O2. The number of hydrogen-bond acceptors (Lipinski definition) is 3. The largest absolute Gasteiger partial charge is 0.368 e. The second kappa shape index (κ2) is 7.02. The molecule has 5 heteroatoms. The van der Waals surface area contributed by atoms with Crippen molar-refractivity contribution in [2.75, 3.05) is 37.6 Å². The van der Waals surface area contributed by atoms with Gasteiger partial charge in [0, 0.05) is 51.3 Å². The number of piperazine rings is 1. The lowest BCUT2D eigenvalue weighted by Crippen LogP contribution is -2.49. The van der Waals surface area contributed by atoms with Crippen molar-refractivity contribution in [1.82, 2.24) is 10.2 Å². The zero-order valence-corrected chi connectivity index (χ0v) is 13.8. The van der Waals surface area contributed by atoms with Crippen LogP contribution >= 0.6 is 0 Å². The normalized spacial score (nSPS) is 22.0. The van der Waals surface area contributed by atoms with E-state index in [0.717, 1.165) is 32.6 Å². The quantitative estimate of drug-likeness (QED) is 0.921. The van der Waals surface area contributed by atoms with E-state index in [9.17, 15) is 9.59 Å². The first-order valence-corrected chi connectivity index (χ1v) is 8.48. The molecule has 2 aliphatic rings. The number of hydrogen-bond donors (Lipinski definition) is 1. The molecule has 3 rings (SSSR count). The van der Waals surface area contributed by atoms with E-state index >= 15 is 0 Å². The van der Waals surface area contributed by atoms with Crippen molar-refractivity contribution in [3.05, 3.63) is 29.8 Å². The molecule has 2 heterocycles. The van der Waals surface area contributed by atoms with Crippen LogP contribution in [0.5, 0.6) is 0 Å². The standard InChI is InChI=1S/C18H25N3O2/c1-14-3-2-4-16(11-14)20-7-9-21(10-8-20)18(23)12-15-5-6-17(22)19-13-15/h2-4,11,15H,5-10,12-13H2,1H3,(H,19,22). The Labute approximate surface area is 137 Å². The van der Waals surface area contributed by atoms with Crippen LogP contribution < -0.4 is 10.2 Å². The summed E-state index contributed by atoms with van der Waals surface area (Å²) in [5, 5.41) is 2.86. The van der Waals surface area contributed by atoms with Crippen LogP contribution in [0, 0.1) is 12.8 Å². The Hall–Kier alpha value is -2.04. The van der Waals surface area contributed by atoms with Gasteiger partial charge in [-0.05, 0) is 37.0 Å². The molecule has 2 fully saturated rings. The van der Waals surface area contributed by atoms with Gasteiger partial charge in [0.25, 0.3) is 0 Å². The van der Waals surface area contributed by atoms with E-state index in [2.05, 4.69) is 41.4 Å². The van der Waals surface area contributed by atoms with Crippen LogP contribution in [0.25, 0.3) is 0 Å². The average Bonchev–Trinajstić information content (AvgIpc) is 2.57. The second-order valence-corrected chi connectivity index (χ2v) is 6.62. The first-order valence-electron chi connectivity index (χ1n) is 8.48. The van der Waals surface area contributed by atoms with Gasteiger partial charge in [0.15, 0.2) is 0 Å². The second-order valence-electron chi connectivity index (χ2n) is 6.62. The van der Waals surface area contributed by atoms with Crippen molar-refractivity contribution in [2.24, 2.45) is 5.92 Å². The third-order valence-electron chi connectivity index (χ3n) is 4.83. The number of nitrogens with one attached hydrogen (secondary N) is 1. The number of rotatable bonds is 3. The maximum atomic E-state index is 12.4. The summed E-state index contributed by atoms with van der Waals surface area (Å²) in [5.74, 6) is 0.644. The molecule has 0 bridgehead atoms. The van der Waals surface area contributed by atoms with E-state index in [4.69, 9.17) is 0 Å². The zero-order chi connectivity index (χ0) is 16.2.